The summed E-state index contributed by atoms with van der Waals surface area (Å²) >= 11 is 0. The van der Waals surface area contributed by atoms with Crippen LogP contribution in [-0.2, 0) is 10.0 Å². The number of rotatable bonds is 6. The lowest BCUT2D eigenvalue weighted by molar-refractivity contribution is -0.385. The lowest BCUT2D eigenvalue weighted by Crippen LogP contribution is -2.53. The van der Waals surface area contributed by atoms with E-state index in [1.807, 2.05) is 0 Å². The molecule has 1 atom stereocenters. The number of nitro groups is 1. The number of hydrogen-bond acceptors (Lipinski definition) is 5. The normalized spacial score (nSPS) is 17.4. The number of halogens is 1. The zero-order valence-corrected chi connectivity index (χ0v) is 14.0. The minimum atomic E-state index is -3.86. The molecule has 0 heterocycles. The van der Waals surface area contributed by atoms with Gasteiger partial charge in [-0.3, -0.25) is 10.1 Å². The molecule has 2 rings (SSSR count). The van der Waals surface area contributed by atoms with Crippen molar-refractivity contribution in [1.29, 1.82) is 0 Å². The number of sulfonamides is 1. The molecule has 1 aromatic rings. The molecular formula is C13H20ClN3O4S. The highest BCUT2D eigenvalue weighted by Crippen LogP contribution is 2.40. The predicted molar refractivity (Wildman–Crippen MR) is 85.6 cm³/mol. The second kappa shape index (κ2) is 6.49. The molecule has 0 aliphatic heterocycles. The predicted octanol–water partition coefficient (Wildman–Crippen LogP) is 1.73. The van der Waals surface area contributed by atoms with Gasteiger partial charge in [-0.1, -0.05) is 6.07 Å². The first kappa shape index (κ1) is 18.8. The lowest BCUT2D eigenvalue weighted by Gasteiger charge is -2.29. The first-order valence-corrected chi connectivity index (χ1v) is 8.17. The Hall–Kier alpha value is -1.22. The molecule has 1 fully saturated rings. The Balaban J connectivity index is 0.00000242. The highest BCUT2D eigenvalue weighted by atomic mass is 35.5. The van der Waals surface area contributed by atoms with Crippen LogP contribution in [0.1, 0.15) is 25.3 Å². The van der Waals surface area contributed by atoms with Crippen molar-refractivity contribution in [2.45, 2.75) is 37.1 Å². The molecule has 1 unspecified atom stereocenters. The van der Waals surface area contributed by atoms with Gasteiger partial charge in [-0.2, -0.15) is 0 Å². The van der Waals surface area contributed by atoms with Crippen LogP contribution < -0.4 is 10.5 Å². The molecule has 124 valence electrons. The Morgan fingerprint density at radius 2 is 2.05 bits per heavy atom. The van der Waals surface area contributed by atoms with Crippen molar-refractivity contribution in [3.63, 3.8) is 0 Å². The maximum atomic E-state index is 12.5. The van der Waals surface area contributed by atoms with Crippen LogP contribution >= 0.6 is 12.4 Å². The van der Waals surface area contributed by atoms with Crippen LogP contribution in [0.5, 0.6) is 0 Å². The summed E-state index contributed by atoms with van der Waals surface area (Å²) in [6.07, 6.45) is 1.87. The number of nitrogens with one attached hydrogen (secondary N) is 1. The van der Waals surface area contributed by atoms with E-state index in [2.05, 4.69) is 4.72 Å². The van der Waals surface area contributed by atoms with Crippen LogP contribution in [0.2, 0.25) is 0 Å². The molecule has 0 aromatic heterocycles. The van der Waals surface area contributed by atoms with E-state index in [1.165, 1.54) is 25.1 Å². The van der Waals surface area contributed by atoms with Gasteiger partial charge >= 0.3 is 0 Å². The van der Waals surface area contributed by atoms with Gasteiger partial charge in [0.1, 0.15) is 0 Å². The Morgan fingerprint density at radius 3 is 2.50 bits per heavy atom. The van der Waals surface area contributed by atoms with Crippen LogP contribution in [0.3, 0.4) is 0 Å². The van der Waals surface area contributed by atoms with Crippen LogP contribution in [0.25, 0.3) is 0 Å². The smallest absolute Gasteiger partial charge is 0.273 e. The quantitative estimate of drug-likeness (QED) is 0.599. The maximum Gasteiger partial charge on any atom is 0.273 e. The highest BCUT2D eigenvalue weighted by Gasteiger charge is 2.43. The monoisotopic (exact) mass is 349 g/mol. The number of nitrogens with zero attached hydrogens (tertiary/aromatic N) is 1. The van der Waals surface area contributed by atoms with Crippen molar-refractivity contribution >= 4 is 28.1 Å². The maximum absolute atomic E-state index is 12.5. The van der Waals surface area contributed by atoms with E-state index >= 15 is 0 Å². The van der Waals surface area contributed by atoms with E-state index in [9.17, 15) is 18.5 Å². The lowest BCUT2D eigenvalue weighted by atomic mass is 9.98. The number of nitrogens with two attached hydrogens (primary N) is 1. The van der Waals surface area contributed by atoms with Gasteiger partial charge in [0.25, 0.3) is 5.69 Å². The largest absolute Gasteiger partial charge is 0.329 e. The standard InChI is InChI=1S/C13H19N3O4S.ClH/c1-9-11(16(17)18)4-3-5-12(9)21(19,20)15-13(2,8-14)10-6-7-10;/h3-5,10,15H,6-8,14H2,1-2H3;1H. The van der Waals surface area contributed by atoms with Crippen molar-refractivity contribution in [3.8, 4) is 0 Å². The molecule has 1 aliphatic rings. The summed E-state index contributed by atoms with van der Waals surface area (Å²) in [6.45, 7) is 3.39. The van der Waals surface area contributed by atoms with Gasteiger partial charge in [-0.25, -0.2) is 13.1 Å². The van der Waals surface area contributed by atoms with Crippen molar-refractivity contribution < 1.29 is 13.3 Å². The SMILES string of the molecule is Cc1c([N+](=O)[O-])cccc1S(=O)(=O)NC(C)(CN)C1CC1.Cl. The third-order valence-corrected chi connectivity index (χ3v) is 5.77. The zero-order chi connectivity index (χ0) is 15.8. The van der Waals surface area contributed by atoms with E-state index in [0.717, 1.165) is 12.8 Å². The number of benzene rings is 1. The first-order valence-electron chi connectivity index (χ1n) is 6.69. The van der Waals surface area contributed by atoms with Gasteiger partial charge in [0.05, 0.1) is 9.82 Å². The molecule has 0 saturated heterocycles. The van der Waals surface area contributed by atoms with Crippen molar-refractivity contribution in [2.75, 3.05) is 6.54 Å². The Kier molecular flexibility index (Phi) is 5.56. The van der Waals surface area contributed by atoms with Gasteiger partial charge < -0.3 is 5.73 Å². The summed E-state index contributed by atoms with van der Waals surface area (Å²) in [5, 5.41) is 10.9. The van der Waals surface area contributed by atoms with Crippen LogP contribution in [0.4, 0.5) is 5.69 Å². The molecule has 9 heteroatoms. The molecule has 0 bridgehead atoms. The average Bonchev–Trinajstić information content (AvgIpc) is 3.22. The fraction of sp³-hybridized carbons (Fsp3) is 0.538. The summed E-state index contributed by atoms with van der Waals surface area (Å²) in [5.74, 6) is 0.219. The van der Waals surface area contributed by atoms with Gasteiger partial charge in [-0.15, -0.1) is 12.4 Å². The zero-order valence-electron chi connectivity index (χ0n) is 12.4. The Bertz CT molecular complexity index is 676. The summed E-state index contributed by atoms with van der Waals surface area (Å²) in [6, 6.07) is 4.03. The van der Waals surface area contributed by atoms with Gasteiger partial charge in [0, 0.05) is 23.7 Å². The fourth-order valence-corrected chi connectivity index (χ4v) is 4.21. The molecule has 0 amide bonds. The fourth-order valence-electron chi connectivity index (χ4n) is 2.47. The number of hydrogen-bond donors (Lipinski definition) is 2. The molecule has 22 heavy (non-hydrogen) atoms. The second-order valence-electron chi connectivity index (χ2n) is 5.66. The minimum absolute atomic E-state index is 0. The third kappa shape index (κ3) is 3.57. The second-order valence-corrected chi connectivity index (χ2v) is 7.31. The molecule has 0 spiro atoms. The Labute approximate surface area is 135 Å². The summed E-state index contributed by atoms with van der Waals surface area (Å²) < 4.78 is 27.7. The molecule has 1 saturated carbocycles. The minimum Gasteiger partial charge on any atom is -0.329 e. The Morgan fingerprint density at radius 1 is 1.45 bits per heavy atom. The third-order valence-electron chi connectivity index (χ3n) is 4.01. The average molecular weight is 350 g/mol. The highest BCUT2D eigenvalue weighted by molar-refractivity contribution is 7.89. The van der Waals surface area contributed by atoms with Gasteiger partial charge in [-0.05, 0) is 38.7 Å². The number of nitro benzene ring substituents is 1. The molecule has 7 nitrogen and oxygen atoms in total. The van der Waals surface area contributed by atoms with Gasteiger partial charge in [0.2, 0.25) is 10.0 Å². The molecule has 0 radical (unpaired) electrons. The van der Waals surface area contributed by atoms with Crippen LogP contribution in [0, 0.1) is 23.0 Å². The molecular weight excluding hydrogens is 330 g/mol. The van der Waals surface area contributed by atoms with Crippen LogP contribution in [0.15, 0.2) is 23.1 Å². The van der Waals surface area contributed by atoms with E-state index in [4.69, 9.17) is 5.73 Å². The first-order chi connectivity index (χ1) is 9.71. The van der Waals surface area contributed by atoms with E-state index in [1.54, 1.807) is 6.92 Å². The molecule has 1 aliphatic carbocycles. The van der Waals surface area contributed by atoms with E-state index in [-0.39, 0.29) is 41.0 Å². The van der Waals surface area contributed by atoms with Crippen molar-refractivity contribution in [1.82, 2.24) is 4.72 Å². The van der Waals surface area contributed by atoms with Gasteiger partial charge in [0.15, 0.2) is 0 Å². The summed E-state index contributed by atoms with van der Waals surface area (Å²) in [5.41, 5.74) is 4.92. The molecule has 3 N–H and O–H groups in total. The van der Waals surface area contributed by atoms with E-state index < -0.39 is 20.5 Å². The topological polar surface area (TPSA) is 115 Å². The molecule has 1 aromatic carbocycles. The van der Waals surface area contributed by atoms with Crippen molar-refractivity contribution in [2.24, 2.45) is 11.7 Å². The summed E-state index contributed by atoms with van der Waals surface area (Å²) in [7, 11) is -3.86. The van der Waals surface area contributed by atoms with Crippen molar-refractivity contribution in [3.05, 3.63) is 33.9 Å². The van der Waals surface area contributed by atoms with Crippen LogP contribution in [-0.4, -0.2) is 25.4 Å². The van der Waals surface area contributed by atoms with E-state index in [0.29, 0.717) is 0 Å². The summed E-state index contributed by atoms with van der Waals surface area (Å²) in [4.78, 5) is 10.3.